The number of alkyl halides is 2. The van der Waals surface area contributed by atoms with Crippen LogP contribution in [0.1, 0.15) is 29.0 Å². The summed E-state index contributed by atoms with van der Waals surface area (Å²) in [5, 5.41) is 11.9. The SMILES string of the molecule is O=C(Nc1cc(-c2ccnc3[nH]ccc23)cc2[nH]ncc12)c1cccc(CN2CCC(F)(F)CC2)n1. The molecule has 6 rings (SSSR count). The fourth-order valence-electron chi connectivity index (χ4n) is 4.67. The summed E-state index contributed by atoms with van der Waals surface area (Å²) in [6.45, 7) is 1.03. The lowest BCUT2D eigenvalue weighted by Crippen LogP contribution is -2.39. The zero-order chi connectivity index (χ0) is 24.7. The van der Waals surface area contributed by atoms with Crippen LogP contribution in [0.15, 0.2) is 61.1 Å². The van der Waals surface area contributed by atoms with Crippen molar-refractivity contribution in [2.75, 3.05) is 18.4 Å². The van der Waals surface area contributed by atoms with Gasteiger partial charge in [-0.1, -0.05) is 6.07 Å². The predicted molar refractivity (Wildman–Crippen MR) is 133 cm³/mol. The number of benzene rings is 1. The molecule has 0 radical (unpaired) electrons. The van der Waals surface area contributed by atoms with Crippen molar-refractivity contribution in [2.45, 2.75) is 25.3 Å². The number of aromatic nitrogens is 5. The molecule has 0 bridgehead atoms. The van der Waals surface area contributed by atoms with Crippen LogP contribution in [0.5, 0.6) is 0 Å². The van der Waals surface area contributed by atoms with Crippen molar-refractivity contribution >= 4 is 33.5 Å². The van der Waals surface area contributed by atoms with Gasteiger partial charge in [0, 0.05) is 55.6 Å². The molecule has 1 aliphatic rings. The first kappa shape index (κ1) is 22.3. The van der Waals surface area contributed by atoms with Gasteiger partial charge in [0.2, 0.25) is 0 Å². The van der Waals surface area contributed by atoms with Crippen molar-refractivity contribution in [2.24, 2.45) is 0 Å². The van der Waals surface area contributed by atoms with E-state index in [1.165, 1.54) is 0 Å². The fraction of sp³-hybridized carbons (Fsp3) is 0.231. The van der Waals surface area contributed by atoms with E-state index >= 15 is 0 Å². The second kappa shape index (κ2) is 8.80. The highest BCUT2D eigenvalue weighted by Gasteiger charge is 2.33. The molecule has 8 nitrogen and oxygen atoms in total. The number of H-pyrrole nitrogens is 2. The zero-order valence-electron chi connectivity index (χ0n) is 19.3. The summed E-state index contributed by atoms with van der Waals surface area (Å²) in [6, 6.07) is 13.0. The summed E-state index contributed by atoms with van der Waals surface area (Å²) in [4.78, 5) is 27.1. The van der Waals surface area contributed by atoms with Crippen LogP contribution in [0.2, 0.25) is 0 Å². The standard InChI is InChI=1S/C26H23F2N7O/c27-26(28)6-10-35(11-7-26)15-17-2-1-3-21(32-17)25(36)33-22-12-16(13-23-20(22)14-31-34-23)18-4-8-29-24-19(18)5-9-30-24/h1-5,8-9,12-14H,6-7,10-11,15H2,(H,29,30)(H,31,34)(H,33,36). The number of amides is 1. The number of anilines is 1. The normalized spacial score (nSPS) is 15.9. The van der Waals surface area contributed by atoms with Crippen molar-refractivity contribution in [3.05, 3.63) is 72.4 Å². The number of halogens is 2. The molecule has 0 aliphatic carbocycles. The van der Waals surface area contributed by atoms with Crippen LogP contribution in [0, 0.1) is 0 Å². The van der Waals surface area contributed by atoms with Gasteiger partial charge in [0.1, 0.15) is 11.3 Å². The molecular formula is C26H23F2N7O. The molecule has 1 amide bonds. The van der Waals surface area contributed by atoms with E-state index in [0.717, 1.165) is 33.1 Å². The van der Waals surface area contributed by atoms with Gasteiger partial charge < -0.3 is 10.3 Å². The first-order valence-electron chi connectivity index (χ1n) is 11.7. The fourth-order valence-corrected chi connectivity index (χ4v) is 4.67. The van der Waals surface area contributed by atoms with E-state index in [9.17, 15) is 13.6 Å². The minimum absolute atomic E-state index is 0.156. The number of aromatic amines is 2. The Kier molecular flexibility index (Phi) is 5.45. The van der Waals surface area contributed by atoms with Gasteiger partial charge in [0.15, 0.2) is 0 Å². The third kappa shape index (κ3) is 4.31. The summed E-state index contributed by atoms with van der Waals surface area (Å²) in [7, 11) is 0. The molecule has 0 unspecified atom stereocenters. The van der Waals surface area contributed by atoms with Crippen LogP contribution in [0.3, 0.4) is 0 Å². The average molecular weight is 488 g/mol. The Bertz CT molecular complexity index is 1570. The van der Waals surface area contributed by atoms with Crippen LogP contribution in [0.25, 0.3) is 33.1 Å². The Hall–Kier alpha value is -4.18. The highest BCUT2D eigenvalue weighted by atomic mass is 19.3. The van der Waals surface area contributed by atoms with Crippen molar-refractivity contribution in [1.29, 1.82) is 0 Å². The molecule has 182 valence electrons. The first-order chi connectivity index (χ1) is 17.4. The number of carbonyl (C=O) groups excluding carboxylic acids is 1. The third-order valence-corrected chi connectivity index (χ3v) is 6.59. The maximum Gasteiger partial charge on any atom is 0.274 e. The van der Waals surface area contributed by atoms with Crippen LogP contribution in [0.4, 0.5) is 14.5 Å². The number of nitrogens with one attached hydrogen (secondary N) is 3. The molecule has 3 N–H and O–H groups in total. The van der Waals surface area contributed by atoms with Gasteiger partial charge in [-0.2, -0.15) is 5.10 Å². The van der Waals surface area contributed by atoms with E-state index in [1.807, 2.05) is 41.4 Å². The second-order valence-corrected chi connectivity index (χ2v) is 9.05. The van der Waals surface area contributed by atoms with Gasteiger partial charge >= 0.3 is 0 Å². The van der Waals surface area contributed by atoms with Crippen LogP contribution in [-0.4, -0.2) is 55.0 Å². The minimum atomic E-state index is -2.60. The second-order valence-electron chi connectivity index (χ2n) is 9.05. The molecule has 0 atom stereocenters. The lowest BCUT2D eigenvalue weighted by Gasteiger charge is -2.31. The van der Waals surface area contributed by atoms with Crippen LogP contribution >= 0.6 is 0 Å². The van der Waals surface area contributed by atoms with Gasteiger partial charge in [0.05, 0.1) is 23.1 Å². The van der Waals surface area contributed by atoms with E-state index in [1.54, 1.807) is 24.5 Å². The minimum Gasteiger partial charge on any atom is -0.346 e. The van der Waals surface area contributed by atoms with Gasteiger partial charge in [-0.3, -0.25) is 14.8 Å². The molecule has 0 spiro atoms. The number of hydrogen-bond acceptors (Lipinski definition) is 5. The monoisotopic (exact) mass is 487 g/mol. The number of nitrogens with zero attached hydrogens (tertiary/aromatic N) is 4. The largest absolute Gasteiger partial charge is 0.346 e. The molecule has 1 saturated heterocycles. The highest BCUT2D eigenvalue weighted by Crippen LogP contribution is 2.33. The summed E-state index contributed by atoms with van der Waals surface area (Å²) in [5.74, 6) is -2.95. The predicted octanol–water partition coefficient (Wildman–Crippen LogP) is 4.98. The maximum absolute atomic E-state index is 13.5. The Labute approximate surface area is 204 Å². The van der Waals surface area contributed by atoms with Gasteiger partial charge in [-0.25, -0.2) is 18.7 Å². The molecule has 4 aromatic heterocycles. The average Bonchev–Trinajstić information content (AvgIpc) is 3.55. The summed E-state index contributed by atoms with van der Waals surface area (Å²) >= 11 is 0. The number of likely N-dealkylation sites (tertiary alicyclic amines) is 1. The first-order valence-corrected chi connectivity index (χ1v) is 11.7. The van der Waals surface area contributed by atoms with Gasteiger partial charge in [0.25, 0.3) is 11.8 Å². The summed E-state index contributed by atoms with van der Waals surface area (Å²) in [6.07, 6.45) is 4.94. The Morgan fingerprint density at radius 2 is 1.97 bits per heavy atom. The highest BCUT2D eigenvalue weighted by molar-refractivity contribution is 6.09. The van der Waals surface area contributed by atoms with E-state index < -0.39 is 5.92 Å². The molecule has 5 aromatic rings. The van der Waals surface area contributed by atoms with Crippen molar-refractivity contribution < 1.29 is 13.6 Å². The van der Waals surface area contributed by atoms with E-state index in [-0.39, 0.29) is 24.4 Å². The number of pyridine rings is 2. The van der Waals surface area contributed by atoms with E-state index in [2.05, 4.69) is 30.5 Å². The Balaban J connectivity index is 1.27. The molecule has 1 fully saturated rings. The Morgan fingerprint density at radius 1 is 1.11 bits per heavy atom. The lowest BCUT2D eigenvalue weighted by atomic mass is 10.0. The number of fused-ring (bicyclic) bond motifs is 2. The Morgan fingerprint density at radius 3 is 2.83 bits per heavy atom. The molecule has 1 aromatic carbocycles. The quantitative estimate of drug-likeness (QED) is 0.324. The van der Waals surface area contributed by atoms with Gasteiger partial charge in [-0.15, -0.1) is 0 Å². The summed E-state index contributed by atoms with van der Waals surface area (Å²) in [5.41, 5.74) is 4.97. The van der Waals surface area contributed by atoms with Gasteiger partial charge in [-0.05, 0) is 47.5 Å². The van der Waals surface area contributed by atoms with Crippen LogP contribution < -0.4 is 5.32 Å². The number of hydrogen-bond donors (Lipinski definition) is 3. The number of rotatable bonds is 5. The lowest BCUT2D eigenvalue weighted by molar-refractivity contribution is -0.0568. The molecular weight excluding hydrogens is 464 g/mol. The number of piperidine rings is 1. The summed E-state index contributed by atoms with van der Waals surface area (Å²) < 4.78 is 26.9. The number of carbonyl (C=O) groups is 1. The van der Waals surface area contributed by atoms with Crippen LogP contribution in [-0.2, 0) is 6.54 Å². The smallest absolute Gasteiger partial charge is 0.274 e. The topological polar surface area (TPSA) is 103 Å². The van der Waals surface area contributed by atoms with E-state index in [0.29, 0.717) is 31.0 Å². The third-order valence-electron chi connectivity index (χ3n) is 6.59. The molecule has 36 heavy (non-hydrogen) atoms. The maximum atomic E-state index is 13.5. The molecule has 5 heterocycles. The molecule has 0 saturated carbocycles. The molecule has 10 heteroatoms. The zero-order valence-corrected chi connectivity index (χ0v) is 19.3. The van der Waals surface area contributed by atoms with E-state index in [4.69, 9.17) is 0 Å². The van der Waals surface area contributed by atoms with Crippen molar-refractivity contribution in [3.63, 3.8) is 0 Å². The van der Waals surface area contributed by atoms with Crippen molar-refractivity contribution in [3.8, 4) is 11.1 Å². The molecule has 1 aliphatic heterocycles. The van der Waals surface area contributed by atoms with Crippen molar-refractivity contribution in [1.82, 2.24) is 30.0 Å².